The van der Waals surface area contributed by atoms with E-state index in [9.17, 15) is 9.59 Å². The zero-order valence-electron chi connectivity index (χ0n) is 13.9. The van der Waals surface area contributed by atoms with Crippen LogP contribution in [0, 0.1) is 13.8 Å². The van der Waals surface area contributed by atoms with Crippen LogP contribution in [0.25, 0.3) is 0 Å². The van der Waals surface area contributed by atoms with Crippen LogP contribution in [0.1, 0.15) is 18.1 Å². The molecule has 0 spiro atoms. The highest BCUT2D eigenvalue weighted by Gasteiger charge is 2.23. The fraction of sp³-hybridized carbons (Fsp3) is 0.529. The maximum Gasteiger partial charge on any atom is 0.242 e. The Morgan fingerprint density at radius 3 is 2.09 bits per heavy atom. The van der Waals surface area contributed by atoms with Gasteiger partial charge in [0.1, 0.15) is 6.54 Å². The van der Waals surface area contributed by atoms with Crippen molar-refractivity contribution in [2.75, 3.05) is 44.7 Å². The lowest BCUT2D eigenvalue weighted by molar-refractivity contribution is -0.132. The molecule has 0 radical (unpaired) electrons. The van der Waals surface area contributed by atoms with E-state index in [2.05, 4.69) is 18.0 Å². The summed E-state index contributed by atoms with van der Waals surface area (Å²) >= 11 is 0. The minimum absolute atomic E-state index is 0.0162. The molecule has 0 atom stereocenters. The van der Waals surface area contributed by atoms with Crippen molar-refractivity contribution >= 4 is 17.5 Å². The normalized spacial score (nSPS) is 15.7. The SMILES string of the molecule is CC(=O)N(CC(=O)N1CCN(C)CC1)c1cc(C)cc(C)c1. The van der Waals surface area contributed by atoms with Crippen LogP contribution in [0.4, 0.5) is 5.69 Å². The number of piperazine rings is 1. The van der Waals surface area contributed by atoms with Gasteiger partial charge < -0.3 is 14.7 Å². The third-order valence-corrected chi connectivity index (χ3v) is 4.05. The number of benzene rings is 1. The second-order valence-corrected chi connectivity index (χ2v) is 6.14. The largest absolute Gasteiger partial charge is 0.339 e. The Balaban J connectivity index is 2.12. The number of aryl methyl sites for hydroxylation is 2. The summed E-state index contributed by atoms with van der Waals surface area (Å²) in [6.07, 6.45) is 0. The standard InChI is InChI=1S/C17H25N3O2/c1-13-9-14(2)11-16(10-13)20(15(3)21)12-17(22)19-7-5-18(4)6-8-19/h9-11H,5-8,12H2,1-4H3. The van der Waals surface area contributed by atoms with Crippen molar-refractivity contribution in [1.82, 2.24) is 9.80 Å². The van der Waals surface area contributed by atoms with Crippen molar-refractivity contribution < 1.29 is 9.59 Å². The van der Waals surface area contributed by atoms with Crippen LogP contribution in [-0.4, -0.2) is 61.4 Å². The topological polar surface area (TPSA) is 43.9 Å². The quantitative estimate of drug-likeness (QED) is 0.848. The van der Waals surface area contributed by atoms with Crippen molar-refractivity contribution in [3.8, 4) is 0 Å². The molecule has 5 heteroatoms. The molecule has 0 aromatic heterocycles. The van der Waals surface area contributed by atoms with Gasteiger partial charge in [-0.3, -0.25) is 9.59 Å². The van der Waals surface area contributed by atoms with E-state index in [1.54, 1.807) is 4.90 Å². The Kier molecular flexibility index (Phi) is 5.19. The first kappa shape index (κ1) is 16.5. The average Bonchev–Trinajstić information content (AvgIpc) is 2.43. The van der Waals surface area contributed by atoms with E-state index in [0.717, 1.165) is 43.0 Å². The third kappa shape index (κ3) is 4.07. The van der Waals surface area contributed by atoms with Gasteiger partial charge in [-0.05, 0) is 44.2 Å². The molecular formula is C17H25N3O2. The lowest BCUT2D eigenvalue weighted by Gasteiger charge is -2.34. The van der Waals surface area contributed by atoms with Crippen LogP contribution >= 0.6 is 0 Å². The molecule has 0 aliphatic carbocycles. The van der Waals surface area contributed by atoms with E-state index in [1.165, 1.54) is 6.92 Å². The predicted molar refractivity (Wildman–Crippen MR) is 88.0 cm³/mol. The summed E-state index contributed by atoms with van der Waals surface area (Å²) in [6.45, 7) is 8.84. The van der Waals surface area contributed by atoms with Gasteiger partial charge in [0.15, 0.2) is 0 Å². The second-order valence-electron chi connectivity index (χ2n) is 6.14. The second kappa shape index (κ2) is 6.92. The molecule has 1 fully saturated rings. The molecule has 1 heterocycles. The van der Waals surface area contributed by atoms with Crippen LogP contribution < -0.4 is 4.90 Å². The Labute approximate surface area is 132 Å². The van der Waals surface area contributed by atoms with E-state index in [4.69, 9.17) is 0 Å². The maximum absolute atomic E-state index is 12.5. The van der Waals surface area contributed by atoms with Crippen molar-refractivity contribution in [2.45, 2.75) is 20.8 Å². The highest BCUT2D eigenvalue weighted by Crippen LogP contribution is 2.19. The number of carbonyl (C=O) groups excluding carboxylic acids is 2. The number of amides is 2. The summed E-state index contributed by atoms with van der Waals surface area (Å²) in [5, 5.41) is 0. The molecule has 0 saturated carbocycles. The third-order valence-electron chi connectivity index (χ3n) is 4.05. The number of hydrogen-bond donors (Lipinski definition) is 0. The van der Waals surface area contributed by atoms with E-state index in [1.807, 2.05) is 30.9 Å². The molecule has 22 heavy (non-hydrogen) atoms. The minimum Gasteiger partial charge on any atom is -0.339 e. The van der Waals surface area contributed by atoms with E-state index >= 15 is 0 Å². The molecule has 1 aliphatic heterocycles. The van der Waals surface area contributed by atoms with Gasteiger partial charge in [0.25, 0.3) is 0 Å². The van der Waals surface area contributed by atoms with Crippen molar-refractivity contribution in [3.05, 3.63) is 29.3 Å². The average molecular weight is 303 g/mol. The zero-order valence-corrected chi connectivity index (χ0v) is 13.9. The predicted octanol–water partition coefficient (Wildman–Crippen LogP) is 1.43. The van der Waals surface area contributed by atoms with Crippen LogP contribution in [-0.2, 0) is 9.59 Å². The van der Waals surface area contributed by atoms with Crippen LogP contribution in [0.5, 0.6) is 0 Å². The monoisotopic (exact) mass is 303 g/mol. The first-order valence-corrected chi connectivity index (χ1v) is 7.69. The molecule has 2 amide bonds. The van der Waals surface area contributed by atoms with E-state index < -0.39 is 0 Å². The number of anilines is 1. The van der Waals surface area contributed by atoms with E-state index in [0.29, 0.717) is 0 Å². The first-order valence-electron chi connectivity index (χ1n) is 7.69. The van der Waals surface area contributed by atoms with E-state index in [-0.39, 0.29) is 18.4 Å². The number of carbonyl (C=O) groups is 2. The molecular weight excluding hydrogens is 278 g/mol. The highest BCUT2D eigenvalue weighted by atomic mass is 16.2. The van der Waals surface area contributed by atoms with Crippen LogP contribution in [0.2, 0.25) is 0 Å². The number of likely N-dealkylation sites (N-methyl/N-ethyl adjacent to an activating group) is 1. The van der Waals surface area contributed by atoms with Gasteiger partial charge in [0.2, 0.25) is 11.8 Å². The molecule has 120 valence electrons. The summed E-state index contributed by atoms with van der Waals surface area (Å²) in [7, 11) is 2.05. The summed E-state index contributed by atoms with van der Waals surface area (Å²) in [5.74, 6) is -0.0880. The van der Waals surface area contributed by atoms with Gasteiger partial charge in [0.05, 0.1) is 0 Å². The minimum atomic E-state index is -0.104. The molecule has 0 bridgehead atoms. The van der Waals surface area contributed by atoms with Gasteiger partial charge in [-0.1, -0.05) is 6.07 Å². The zero-order chi connectivity index (χ0) is 16.3. The molecule has 0 N–H and O–H groups in total. The summed E-state index contributed by atoms with van der Waals surface area (Å²) in [5.41, 5.74) is 2.98. The lowest BCUT2D eigenvalue weighted by atomic mass is 10.1. The molecule has 0 unspecified atom stereocenters. The Morgan fingerprint density at radius 1 is 1.05 bits per heavy atom. The smallest absolute Gasteiger partial charge is 0.242 e. The molecule has 1 aliphatic rings. The first-order chi connectivity index (χ1) is 10.4. The molecule has 1 aromatic rings. The molecule has 1 aromatic carbocycles. The van der Waals surface area contributed by atoms with Crippen LogP contribution in [0.15, 0.2) is 18.2 Å². The molecule has 1 saturated heterocycles. The van der Waals surface area contributed by atoms with Crippen molar-refractivity contribution in [1.29, 1.82) is 0 Å². The lowest BCUT2D eigenvalue weighted by Crippen LogP contribution is -2.50. The van der Waals surface area contributed by atoms with Gasteiger partial charge in [0, 0.05) is 38.8 Å². The molecule has 2 rings (SSSR count). The van der Waals surface area contributed by atoms with Gasteiger partial charge in [-0.15, -0.1) is 0 Å². The van der Waals surface area contributed by atoms with Crippen LogP contribution in [0.3, 0.4) is 0 Å². The summed E-state index contributed by atoms with van der Waals surface area (Å²) in [4.78, 5) is 30.1. The molecule has 5 nitrogen and oxygen atoms in total. The van der Waals surface area contributed by atoms with Gasteiger partial charge in [-0.25, -0.2) is 0 Å². The van der Waals surface area contributed by atoms with Gasteiger partial charge >= 0.3 is 0 Å². The Hall–Kier alpha value is -1.88. The van der Waals surface area contributed by atoms with Crippen molar-refractivity contribution in [3.63, 3.8) is 0 Å². The van der Waals surface area contributed by atoms with Crippen molar-refractivity contribution in [2.24, 2.45) is 0 Å². The summed E-state index contributed by atoms with van der Waals surface area (Å²) in [6, 6.07) is 5.96. The Morgan fingerprint density at radius 2 is 1.59 bits per heavy atom. The number of hydrogen-bond acceptors (Lipinski definition) is 3. The van der Waals surface area contributed by atoms with Gasteiger partial charge in [-0.2, -0.15) is 0 Å². The fourth-order valence-electron chi connectivity index (χ4n) is 2.78. The number of nitrogens with zero attached hydrogens (tertiary/aromatic N) is 3. The highest BCUT2D eigenvalue weighted by molar-refractivity contribution is 5.97. The Bertz CT molecular complexity index is 543. The number of rotatable bonds is 3. The summed E-state index contributed by atoms with van der Waals surface area (Å²) < 4.78 is 0. The maximum atomic E-state index is 12.5. The fourth-order valence-corrected chi connectivity index (χ4v) is 2.78.